The summed E-state index contributed by atoms with van der Waals surface area (Å²) in [6.07, 6.45) is 1.28. The third-order valence-corrected chi connectivity index (χ3v) is 3.39. The van der Waals surface area contributed by atoms with Crippen LogP contribution in [0.15, 0.2) is 27.4 Å². The van der Waals surface area contributed by atoms with Crippen molar-refractivity contribution in [3.8, 4) is 5.82 Å². The van der Waals surface area contributed by atoms with Crippen molar-refractivity contribution in [2.45, 2.75) is 13.8 Å². The number of nitrogens with one attached hydrogen (secondary N) is 1. The zero-order valence-corrected chi connectivity index (χ0v) is 12.5. The summed E-state index contributed by atoms with van der Waals surface area (Å²) in [5.41, 5.74) is 6.67. The zero-order valence-electron chi connectivity index (χ0n) is 11.7. The van der Waals surface area contributed by atoms with Gasteiger partial charge in [0, 0.05) is 17.6 Å². The van der Waals surface area contributed by atoms with Crippen LogP contribution in [0.25, 0.3) is 5.82 Å². The summed E-state index contributed by atoms with van der Waals surface area (Å²) in [5.74, 6) is 1.17. The van der Waals surface area contributed by atoms with E-state index in [1.54, 1.807) is 13.8 Å². The Balaban J connectivity index is 2.00. The van der Waals surface area contributed by atoms with Crippen molar-refractivity contribution in [3.63, 3.8) is 0 Å². The Morgan fingerprint density at radius 1 is 1.36 bits per heavy atom. The van der Waals surface area contributed by atoms with Crippen molar-refractivity contribution >= 4 is 28.2 Å². The number of anilines is 1. The average molecular weight is 317 g/mol. The van der Waals surface area contributed by atoms with Gasteiger partial charge in [-0.15, -0.1) is 10.2 Å². The van der Waals surface area contributed by atoms with E-state index < -0.39 is 0 Å². The molecule has 11 heteroatoms. The summed E-state index contributed by atoms with van der Waals surface area (Å²) in [6, 6.07) is 1.29. The van der Waals surface area contributed by atoms with Gasteiger partial charge in [-0.2, -0.15) is 14.2 Å². The van der Waals surface area contributed by atoms with Gasteiger partial charge in [-0.25, -0.2) is 9.97 Å². The van der Waals surface area contributed by atoms with Gasteiger partial charge in [0.25, 0.3) is 5.56 Å². The lowest BCUT2D eigenvalue weighted by Gasteiger charge is -2.00. The summed E-state index contributed by atoms with van der Waals surface area (Å²) in [6.45, 7) is 3.51. The molecule has 0 aromatic carbocycles. The Morgan fingerprint density at radius 2 is 2.18 bits per heavy atom. The summed E-state index contributed by atoms with van der Waals surface area (Å²) in [4.78, 5) is 21.9. The fourth-order valence-electron chi connectivity index (χ4n) is 1.73. The molecule has 3 heterocycles. The maximum atomic E-state index is 11.3. The van der Waals surface area contributed by atoms with Crippen LogP contribution in [0.5, 0.6) is 0 Å². The van der Waals surface area contributed by atoms with E-state index >= 15 is 0 Å². The van der Waals surface area contributed by atoms with Gasteiger partial charge in [0.15, 0.2) is 17.3 Å². The lowest BCUT2D eigenvalue weighted by molar-refractivity contribution is 0.831. The van der Waals surface area contributed by atoms with E-state index in [0.29, 0.717) is 28.2 Å². The van der Waals surface area contributed by atoms with Crippen LogP contribution in [0.4, 0.5) is 16.6 Å². The van der Waals surface area contributed by atoms with Crippen LogP contribution in [-0.2, 0) is 0 Å². The number of nitrogens with zero attached hydrogens (tertiary/aromatic N) is 7. The molecule has 3 aromatic heterocycles. The molecule has 0 aliphatic rings. The van der Waals surface area contributed by atoms with Gasteiger partial charge < -0.3 is 10.7 Å². The Bertz CT molecular complexity index is 906. The zero-order chi connectivity index (χ0) is 15.7. The molecule has 0 unspecified atom stereocenters. The molecule has 0 atom stereocenters. The Labute approximate surface area is 127 Å². The number of hydrogen-bond acceptors (Lipinski definition) is 9. The smallest absolute Gasteiger partial charge is 0.252 e. The number of hydrogen-bond donors (Lipinski definition) is 2. The minimum absolute atomic E-state index is 0.237. The molecule has 0 saturated carbocycles. The minimum atomic E-state index is -0.301. The van der Waals surface area contributed by atoms with Crippen molar-refractivity contribution in [3.05, 3.63) is 34.3 Å². The highest BCUT2D eigenvalue weighted by Crippen LogP contribution is 2.29. The fraction of sp³-hybridized carbons (Fsp3) is 0.182. The fourth-order valence-corrected chi connectivity index (χ4v) is 2.23. The number of H-pyrrole nitrogens is 1. The van der Waals surface area contributed by atoms with Crippen molar-refractivity contribution in [1.82, 2.24) is 29.1 Å². The lowest BCUT2D eigenvalue weighted by atomic mass is 10.4. The molecule has 0 aliphatic carbocycles. The number of nitrogen functional groups attached to an aromatic ring is 1. The number of aromatic amines is 1. The van der Waals surface area contributed by atoms with Crippen LogP contribution in [0.3, 0.4) is 0 Å². The highest BCUT2D eigenvalue weighted by Gasteiger charge is 2.15. The van der Waals surface area contributed by atoms with Crippen LogP contribution in [0, 0.1) is 13.8 Å². The second-order valence-electron chi connectivity index (χ2n) is 4.32. The molecule has 22 heavy (non-hydrogen) atoms. The first-order valence-corrected chi connectivity index (χ1v) is 6.94. The van der Waals surface area contributed by atoms with Crippen LogP contribution in [0.1, 0.15) is 11.5 Å². The number of rotatable bonds is 3. The molecule has 0 amide bonds. The van der Waals surface area contributed by atoms with Crippen LogP contribution in [-0.4, -0.2) is 29.1 Å². The number of azo groups is 1. The highest BCUT2D eigenvalue weighted by atomic mass is 32.1. The maximum absolute atomic E-state index is 11.3. The molecule has 0 radical (unpaired) electrons. The van der Waals surface area contributed by atoms with Gasteiger partial charge in [0.05, 0.1) is 12.0 Å². The van der Waals surface area contributed by atoms with E-state index in [9.17, 15) is 4.79 Å². The van der Waals surface area contributed by atoms with E-state index in [1.165, 1.54) is 17.1 Å². The molecule has 0 fully saturated rings. The largest absolute Gasteiger partial charge is 0.382 e. The molecule has 3 aromatic rings. The Morgan fingerprint density at radius 3 is 2.86 bits per heavy atom. The molecule has 3 N–H and O–H groups in total. The van der Waals surface area contributed by atoms with Gasteiger partial charge in [-0.1, -0.05) is 0 Å². The van der Waals surface area contributed by atoms with Gasteiger partial charge in [0.2, 0.25) is 5.13 Å². The second kappa shape index (κ2) is 5.44. The third kappa shape index (κ3) is 2.61. The second-order valence-corrected chi connectivity index (χ2v) is 5.05. The summed E-state index contributed by atoms with van der Waals surface area (Å²) >= 11 is 1.14. The molecule has 10 nitrogen and oxygen atoms in total. The maximum Gasteiger partial charge on any atom is 0.252 e. The van der Waals surface area contributed by atoms with Crippen LogP contribution < -0.4 is 11.3 Å². The van der Waals surface area contributed by atoms with E-state index in [0.717, 1.165) is 11.5 Å². The molecular formula is C11H11N9OS. The SMILES string of the molecule is Cc1nsc(N=Nc2c(C)nn(-c3cc(=O)[nH]cn3)c2N)n1. The topological polar surface area (TPSA) is 140 Å². The molecule has 3 rings (SSSR count). The Hall–Kier alpha value is -2.95. The summed E-state index contributed by atoms with van der Waals surface area (Å²) in [7, 11) is 0. The van der Waals surface area contributed by atoms with Crippen molar-refractivity contribution in [2.75, 3.05) is 5.73 Å². The monoisotopic (exact) mass is 317 g/mol. The van der Waals surface area contributed by atoms with Crippen LogP contribution in [0.2, 0.25) is 0 Å². The van der Waals surface area contributed by atoms with E-state index in [4.69, 9.17) is 5.73 Å². The third-order valence-electron chi connectivity index (χ3n) is 2.70. The van der Waals surface area contributed by atoms with Crippen molar-refractivity contribution < 1.29 is 0 Å². The van der Waals surface area contributed by atoms with E-state index in [1.807, 2.05) is 0 Å². The predicted octanol–water partition coefficient (Wildman–Crippen LogP) is 1.42. The normalized spacial score (nSPS) is 11.4. The van der Waals surface area contributed by atoms with Crippen molar-refractivity contribution in [1.29, 1.82) is 0 Å². The first-order valence-electron chi connectivity index (χ1n) is 6.17. The van der Waals surface area contributed by atoms with Crippen LogP contribution >= 0.6 is 11.5 Å². The molecule has 0 saturated heterocycles. The summed E-state index contributed by atoms with van der Waals surface area (Å²) < 4.78 is 5.35. The van der Waals surface area contributed by atoms with Gasteiger partial charge in [0.1, 0.15) is 5.82 Å². The summed E-state index contributed by atoms with van der Waals surface area (Å²) in [5, 5.41) is 12.7. The molecular weight excluding hydrogens is 306 g/mol. The first kappa shape index (κ1) is 14.0. The highest BCUT2D eigenvalue weighted by molar-refractivity contribution is 7.09. The van der Waals surface area contributed by atoms with Crippen molar-refractivity contribution in [2.24, 2.45) is 10.2 Å². The predicted molar refractivity (Wildman–Crippen MR) is 80.0 cm³/mol. The number of aromatic nitrogens is 6. The Kier molecular flexibility index (Phi) is 3.47. The van der Waals surface area contributed by atoms with E-state index in [-0.39, 0.29) is 11.4 Å². The average Bonchev–Trinajstić information content (AvgIpc) is 3.01. The molecule has 0 bridgehead atoms. The minimum Gasteiger partial charge on any atom is -0.382 e. The standard InChI is InChI=1S/C11H11N9OS/c1-5-9(16-17-11-15-6(2)19-22-11)10(12)20(18-5)7-3-8(21)14-4-13-7/h3-4H,12H2,1-2H3,(H,13,14,21). The lowest BCUT2D eigenvalue weighted by Crippen LogP contribution is -2.11. The number of nitrogens with two attached hydrogens (primary N) is 1. The molecule has 0 spiro atoms. The number of aryl methyl sites for hydroxylation is 2. The molecule has 112 valence electrons. The van der Waals surface area contributed by atoms with Gasteiger partial charge in [-0.05, 0) is 13.8 Å². The first-order chi connectivity index (χ1) is 10.5. The van der Waals surface area contributed by atoms with E-state index in [2.05, 4.69) is 34.7 Å². The molecule has 0 aliphatic heterocycles. The quantitative estimate of drug-likeness (QED) is 0.700. The van der Waals surface area contributed by atoms with Gasteiger partial charge in [-0.3, -0.25) is 4.79 Å². The van der Waals surface area contributed by atoms with Gasteiger partial charge >= 0.3 is 0 Å².